The van der Waals surface area contributed by atoms with Crippen molar-refractivity contribution in [1.82, 2.24) is 10.2 Å². The molecule has 0 aliphatic carbocycles. The maximum absolute atomic E-state index is 12.2. The first-order chi connectivity index (χ1) is 9.47. The van der Waals surface area contributed by atoms with Gasteiger partial charge in [0.15, 0.2) is 0 Å². The van der Waals surface area contributed by atoms with E-state index in [1.165, 1.54) is 0 Å². The maximum atomic E-state index is 12.2. The summed E-state index contributed by atoms with van der Waals surface area (Å²) in [6, 6.07) is 6.05. The zero-order valence-electron chi connectivity index (χ0n) is 12.6. The number of aryl methyl sites for hydroxylation is 1. The van der Waals surface area contributed by atoms with Crippen molar-refractivity contribution in [2.45, 2.75) is 33.2 Å². The van der Waals surface area contributed by atoms with Crippen molar-refractivity contribution in [3.8, 4) is 0 Å². The Hall–Kier alpha value is -1.55. The number of hydrogen-bond acceptors (Lipinski definition) is 3. The van der Waals surface area contributed by atoms with Gasteiger partial charge >= 0.3 is 0 Å². The number of carbonyl (C=O) groups is 1. The highest BCUT2D eigenvalue weighted by Crippen LogP contribution is 2.18. The summed E-state index contributed by atoms with van der Waals surface area (Å²) in [6.45, 7) is 9.33. The van der Waals surface area contributed by atoms with Crippen LogP contribution in [0.5, 0.6) is 0 Å². The van der Waals surface area contributed by atoms with Crippen LogP contribution in [0.15, 0.2) is 18.2 Å². The molecule has 4 heteroatoms. The average molecular weight is 275 g/mol. The number of nitrogens with zero attached hydrogens (tertiary/aromatic N) is 1. The molecule has 4 nitrogen and oxygen atoms in total. The number of amides is 1. The highest BCUT2D eigenvalue weighted by Gasteiger charge is 2.24. The van der Waals surface area contributed by atoms with Gasteiger partial charge in [-0.1, -0.05) is 6.07 Å². The topological polar surface area (TPSA) is 58.4 Å². The predicted molar refractivity (Wildman–Crippen MR) is 82.7 cm³/mol. The highest BCUT2D eigenvalue weighted by atomic mass is 16.1. The van der Waals surface area contributed by atoms with Gasteiger partial charge in [0.2, 0.25) is 0 Å². The molecule has 2 rings (SSSR count). The fourth-order valence-corrected chi connectivity index (χ4v) is 2.71. The first-order valence-corrected chi connectivity index (χ1v) is 7.35. The van der Waals surface area contributed by atoms with Gasteiger partial charge in [0.1, 0.15) is 0 Å². The molecule has 0 radical (unpaired) electrons. The lowest BCUT2D eigenvalue weighted by atomic mass is 10.1. The zero-order chi connectivity index (χ0) is 14.7. The number of nitrogens with two attached hydrogens (primary N) is 1. The molecule has 0 saturated carbocycles. The lowest BCUT2D eigenvalue weighted by molar-refractivity contribution is 0.0946. The Morgan fingerprint density at radius 2 is 2.25 bits per heavy atom. The molecular formula is C16H25N3O. The summed E-state index contributed by atoms with van der Waals surface area (Å²) in [4.78, 5) is 14.7. The molecule has 0 aromatic heterocycles. The average Bonchev–Trinajstić information content (AvgIpc) is 2.88. The standard InChI is InChI=1S/C16H25N3O/c1-11(2)19-7-6-13(10-19)9-18-16(20)15-8-14(17)5-4-12(15)3/h4-5,8,11,13H,6-7,9-10,17H2,1-3H3,(H,18,20). The number of rotatable bonds is 4. The summed E-state index contributed by atoms with van der Waals surface area (Å²) in [5.74, 6) is 0.542. The van der Waals surface area contributed by atoms with E-state index in [1.807, 2.05) is 19.1 Å². The fourth-order valence-electron chi connectivity index (χ4n) is 2.71. The number of nitrogens with one attached hydrogen (secondary N) is 1. The molecule has 1 heterocycles. The van der Waals surface area contributed by atoms with E-state index in [1.54, 1.807) is 6.07 Å². The van der Waals surface area contributed by atoms with E-state index in [9.17, 15) is 4.79 Å². The second-order valence-electron chi connectivity index (χ2n) is 6.03. The van der Waals surface area contributed by atoms with Gasteiger partial charge in [-0.05, 0) is 57.4 Å². The monoisotopic (exact) mass is 275 g/mol. The molecular weight excluding hydrogens is 250 g/mol. The molecule has 1 unspecified atom stereocenters. The van der Waals surface area contributed by atoms with E-state index in [0.29, 0.717) is 23.2 Å². The SMILES string of the molecule is Cc1ccc(N)cc1C(=O)NCC1CCN(C(C)C)C1. The lowest BCUT2D eigenvalue weighted by Crippen LogP contribution is -2.33. The number of nitrogen functional groups attached to an aromatic ring is 1. The summed E-state index contributed by atoms with van der Waals surface area (Å²) >= 11 is 0. The zero-order valence-corrected chi connectivity index (χ0v) is 12.6. The van der Waals surface area contributed by atoms with Crippen LogP contribution >= 0.6 is 0 Å². The lowest BCUT2D eigenvalue weighted by Gasteiger charge is -2.20. The second kappa shape index (κ2) is 6.27. The van der Waals surface area contributed by atoms with E-state index >= 15 is 0 Å². The molecule has 1 aromatic carbocycles. The summed E-state index contributed by atoms with van der Waals surface area (Å²) < 4.78 is 0. The van der Waals surface area contributed by atoms with Crippen LogP contribution in [0.25, 0.3) is 0 Å². The Morgan fingerprint density at radius 3 is 2.90 bits per heavy atom. The summed E-state index contributed by atoms with van der Waals surface area (Å²) in [5.41, 5.74) is 8.03. The van der Waals surface area contributed by atoms with Gasteiger partial charge in [-0.15, -0.1) is 0 Å². The summed E-state index contributed by atoms with van der Waals surface area (Å²) in [5, 5.41) is 3.05. The molecule has 0 bridgehead atoms. The number of carbonyl (C=O) groups excluding carboxylic acids is 1. The molecule has 20 heavy (non-hydrogen) atoms. The first kappa shape index (κ1) is 14.9. The third-order valence-electron chi connectivity index (χ3n) is 4.11. The van der Waals surface area contributed by atoms with E-state index in [4.69, 9.17) is 5.73 Å². The number of benzene rings is 1. The molecule has 1 aliphatic rings. The summed E-state index contributed by atoms with van der Waals surface area (Å²) in [7, 11) is 0. The Kier molecular flexibility index (Phi) is 4.65. The minimum absolute atomic E-state index is 0.0159. The van der Waals surface area contributed by atoms with Crippen molar-refractivity contribution in [2.24, 2.45) is 5.92 Å². The molecule has 1 aromatic rings. The molecule has 3 N–H and O–H groups in total. The number of anilines is 1. The fraction of sp³-hybridized carbons (Fsp3) is 0.562. The quantitative estimate of drug-likeness (QED) is 0.827. The minimum atomic E-state index is -0.0159. The third-order valence-corrected chi connectivity index (χ3v) is 4.11. The Labute approximate surface area is 121 Å². The van der Waals surface area contributed by atoms with Crippen LogP contribution in [-0.4, -0.2) is 36.5 Å². The third kappa shape index (κ3) is 3.51. The van der Waals surface area contributed by atoms with E-state index in [-0.39, 0.29) is 5.91 Å². The van der Waals surface area contributed by atoms with Crippen LogP contribution < -0.4 is 11.1 Å². The van der Waals surface area contributed by atoms with Gasteiger partial charge in [0.25, 0.3) is 5.91 Å². The second-order valence-corrected chi connectivity index (χ2v) is 6.03. The maximum Gasteiger partial charge on any atom is 0.251 e. The summed E-state index contributed by atoms with van der Waals surface area (Å²) in [6.07, 6.45) is 1.16. The van der Waals surface area contributed by atoms with Crippen LogP contribution in [0.3, 0.4) is 0 Å². The van der Waals surface area contributed by atoms with Crippen LogP contribution in [0.4, 0.5) is 5.69 Å². The van der Waals surface area contributed by atoms with Crippen molar-refractivity contribution >= 4 is 11.6 Å². The van der Waals surface area contributed by atoms with Gasteiger partial charge in [-0.25, -0.2) is 0 Å². The Bertz CT molecular complexity index is 485. The first-order valence-electron chi connectivity index (χ1n) is 7.35. The Balaban J connectivity index is 1.88. The minimum Gasteiger partial charge on any atom is -0.399 e. The molecule has 1 saturated heterocycles. The van der Waals surface area contributed by atoms with Gasteiger partial charge in [0.05, 0.1) is 0 Å². The van der Waals surface area contributed by atoms with Gasteiger partial charge in [0, 0.05) is 30.4 Å². The molecule has 1 amide bonds. The van der Waals surface area contributed by atoms with E-state index in [2.05, 4.69) is 24.1 Å². The van der Waals surface area contributed by atoms with Gasteiger partial charge in [-0.3, -0.25) is 4.79 Å². The van der Waals surface area contributed by atoms with Crippen molar-refractivity contribution in [2.75, 3.05) is 25.4 Å². The molecule has 110 valence electrons. The van der Waals surface area contributed by atoms with E-state index in [0.717, 1.165) is 31.6 Å². The molecule has 1 atom stereocenters. The smallest absolute Gasteiger partial charge is 0.251 e. The van der Waals surface area contributed by atoms with Crippen molar-refractivity contribution in [1.29, 1.82) is 0 Å². The van der Waals surface area contributed by atoms with Crippen LogP contribution in [0.1, 0.15) is 36.2 Å². The normalized spacial score (nSPS) is 19.5. The predicted octanol–water partition coefficient (Wildman–Crippen LogP) is 2.04. The molecule has 0 spiro atoms. The molecule has 1 aliphatic heterocycles. The highest BCUT2D eigenvalue weighted by molar-refractivity contribution is 5.96. The van der Waals surface area contributed by atoms with Crippen molar-refractivity contribution in [3.05, 3.63) is 29.3 Å². The van der Waals surface area contributed by atoms with Crippen molar-refractivity contribution < 1.29 is 4.79 Å². The van der Waals surface area contributed by atoms with Crippen molar-refractivity contribution in [3.63, 3.8) is 0 Å². The van der Waals surface area contributed by atoms with Crippen LogP contribution in [0.2, 0.25) is 0 Å². The van der Waals surface area contributed by atoms with Crippen LogP contribution in [0, 0.1) is 12.8 Å². The Morgan fingerprint density at radius 1 is 1.50 bits per heavy atom. The largest absolute Gasteiger partial charge is 0.399 e. The van der Waals surface area contributed by atoms with Gasteiger partial charge < -0.3 is 16.0 Å². The number of likely N-dealkylation sites (tertiary alicyclic amines) is 1. The van der Waals surface area contributed by atoms with Gasteiger partial charge in [-0.2, -0.15) is 0 Å². The molecule has 1 fully saturated rings. The number of hydrogen-bond donors (Lipinski definition) is 2. The van der Waals surface area contributed by atoms with E-state index < -0.39 is 0 Å². The van der Waals surface area contributed by atoms with Crippen LogP contribution in [-0.2, 0) is 0 Å².